The minimum absolute atomic E-state index is 0.0985. The number of benzene rings is 1. The van der Waals surface area contributed by atoms with Crippen LogP contribution < -0.4 is 5.32 Å². The van der Waals surface area contributed by atoms with Crippen LogP contribution in [0.2, 0.25) is 5.02 Å². The molecule has 0 aliphatic carbocycles. The molecular formula is C11H8ClNOS. The fourth-order valence-electron chi connectivity index (χ4n) is 1.13. The minimum Gasteiger partial charge on any atom is -0.322 e. The zero-order chi connectivity index (χ0) is 10.7. The lowest BCUT2D eigenvalue weighted by Gasteiger charge is -2.02. The van der Waals surface area contributed by atoms with Crippen molar-refractivity contribution in [3.8, 4) is 0 Å². The fraction of sp³-hybridized carbons (Fsp3) is 0. The van der Waals surface area contributed by atoms with Crippen molar-refractivity contribution < 1.29 is 4.79 Å². The van der Waals surface area contributed by atoms with Crippen molar-refractivity contribution >= 4 is 34.5 Å². The maximum absolute atomic E-state index is 11.6. The van der Waals surface area contributed by atoms with E-state index in [9.17, 15) is 4.79 Å². The zero-order valence-electron chi connectivity index (χ0n) is 7.74. The Balaban J connectivity index is 2.09. The van der Waals surface area contributed by atoms with Gasteiger partial charge in [-0.3, -0.25) is 4.79 Å². The van der Waals surface area contributed by atoms with E-state index in [0.29, 0.717) is 10.6 Å². The van der Waals surface area contributed by atoms with Gasteiger partial charge in [0.1, 0.15) is 0 Å². The summed E-state index contributed by atoms with van der Waals surface area (Å²) in [5, 5.41) is 7.12. The molecule has 76 valence electrons. The third-order valence-electron chi connectivity index (χ3n) is 1.89. The lowest BCUT2D eigenvalue weighted by molar-refractivity contribution is 0.102. The van der Waals surface area contributed by atoms with Crippen LogP contribution in [0.15, 0.2) is 41.1 Å². The van der Waals surface area contributed by atoms with E-state index in [2.05, 4.69) is 5.32 Å². The average molecular weight is 238 g/mol. The molecule has 0 spiro atoms. The molecule has 2 rings (SSSR count). The van der Waals surface area contributed by atoms with Crippen LogP contribution in [0.25, 0.3) is 0 Å². The summed E-state index contributed by atoms with van der Waals surface area (Å²) in [6, 6.07) is 8.81. The number of thiophene rings is 1. The molecular weight excluding hydrogens is 230 g/mol. The monoisotopic (exact) mass is 237 g/mol. The minimum atomic E-state index is -0.0985. The summed E-state index contributed by atoms with van der Waals surface area (Å²) in [5.41, 5.74) is 1.42. The Morgan fingerprint density at radius 1 is 1.20 bits per heavy atom. The molecule has 1 N–H and O–H groups in total. The van der Waals surface area contributed by atoms with Gasteiger partial charge in [0.2, 0.25) is 0 Å². The lowest BCUT2D eigenvalue weighted by atomic mass is 10.3. The highest BCUT2D eigenvalue weighted by Crippen LogP contribution is 2.15. The molecule has 0 unspecified atom stereocenters. The number of anilines is 1. The van der Waals surface area contributed by atoms with E-state index in [1.54, 1.807) is 30.3 Å². The molecule has 2 aromatic rings. The van der Waals surface area contributed by atoms with E-state index in [4.69, 9.17) is 11.6 Å². The van der Waals surface area contributed by atoms with E-state index in [-0.39, 0.29) is 5.91 Å². The molecule has 0 atom stereocenters. The van der Waals surface area contributed by atoms with Crippen molar-refractivity contribution in [3.05, 3.63) is 51.7 Å². The molecule has 0 aliphatic heterocycles. The van der Waals surface area contributed by atoms with E-state index in [0.717, 1.165) is 5.69 Å². The third-order valence-corrected chi connectivity index (χ3v) is 2.82. The number of carbonyl (C=O) groups is 1. The first kappa shape index (κ1) is 10.2. The van der Waals surface area contributed by atoms with Crippen molar-refractivity contribution in [1.29, 1.82) is 0 Å². The quantitative estimate of drug-likeness (QED) is 0.849. The second kappa shape index (κ2) is 4.47. The number of rotatable bonds is 2. The second-order valence-electron chi connectivity index (χ2n) is 2.97. The van der Waals surface area contributed by atoms with Crippen LogP contribution in [0.5, 0.6) is 0 Å². The standard InChI is InChI=1S/C11H8ClNOS/c12-9-1-3-10(4-2-9)13-11(14)8-5-6-15-7-8/h1-7H,(H,13,14). The first-order chi connectivity index (χ1) is 7.25. The van der Waals surface area contributed by atoms with Crippen LogP contribution in [-0.2, 0) is 0 Å². The molecule has 0 saturated heterocycles. The van der Waals surface area contributed by atoms with Gasteiger partial charge >= 0.3 is 0 Å². The number of hydrogen-bond donors (Lipinski definition) is 1. The predicted molar refractivity (Wildman–Crippen MR) is 63.7 cm³/mol. The summed E-state index contributed by atoms with van der Waals surface area (Å²) in [7, 11) is 0. The number of halogens is 1. The van der Waals surface area contributed by atoms with Crippen molar-refractivity contribution in [2.24, 2.45) is 0 Å². The largest absolute Gasteiger partial charge is 0.322 e. The van der Waals surface area contributed by atoms with Gasteiger partial charge < -0.3 is 5.32 Å². The highest BCUT2D eigenvalue weighted by Gasteiger charge is 2.05. The third kappa shape index (κ3) is 2.58. The smallest absolute Gasteiger partial charge is 0.256 e. The second-order valence-corrected chi connectivity index (χ2v) is 4.19. The average Bonchev–Trinajstić information content (AvgIpc) is 2.74. The number of nitrogens with one attached hydrogen (secondary N) is 1. The van der Waals surface area contributed by atoms with Crippen molar-refractivity contribution in [2.75, 3.05) is 5.32 Å². The Morgan fingerprint density at radius 2 is 1.93 bits per heavy atom. The molecule has 0 radical (unpaired) electrons. The Hall–Kier alpha value is -1.32. The van der Waals surface area contributed by atoms with Crippen molar-refractivity contribution in [3.63, 3.8) is 0 Å². The highest BCUT2D eigenvalue weighted by atomic mass is 35.5. The van der Waals surface area contributed by atoms with Crippen molar-refractivity contribution in [2.45, 2.75) is 0 Å². The van der Waals surface area contributed by atoms with Crippen LogP contribution in [0, 0.1) is 0 Å². The SMILES string of the molecule is O=C(Nc1ccc(Cl)cc1)c1ccsc1. The van der Waals surface area contributed by atoms with Gasteiger partial charge in [0.05, 0.1) is 5.56 Å². The molecule has 0 fully saturated rings. The van der Waals surface area contributed by atoms with Gasteiger partial charge in [-0.1, -0.05) is 11.6 Å². The summed E-state index contributed by atoms with van der Waals surface area (Å²) < 4.78 is 0. The van der Waals surface area contributed by atoms with E-state index < -0.39 is 0 Å². The molecule has 0 bridgehead atoms. The summed E-state index contributed by atoms with van der Waals surface area (Å²) >= 11 is 7.24. The van der Waals surface area contributed by atoms with Gasteiger partial charge in [-0.15, -0.1) is 0 Å². The summed E-state index contributed by atoms with van der Waals surface area (Å²) in [5.74, 6) is -0.0985. The number of carbonyl (C=O) groups excluding carboxylic acids is 1. The van der Waals surface area contributed by atoms with Gasteiger partial charge in [-0.2, -0.15) is 11.3 Å². The summed E-state index contributed by atoms with van der Waals surface area (Å²) in [6.07, 6.45) is 0. The Morgan fingerprint density at radius 3 is 2.53 bits per heavy atom. The number of hydrogen-bond acceptors (Lipinski definition) is 2. The van der Waals surface area contributed by atoms with Crippen LogP contribution in [0.1, 0.15) is 10.4 Å². The molecule has 0 saturated carbocycles. The van der Waals surface area contributed by atoms with Crippen molar-refractivity contribution in [1.82, 2.24) is 0 Å². The molecule has 1 amide bonds. The topological polar surface area (TPSA) is 29.1 Å². The molecule has 1 heterocycles. The van der Waals surface area contributed by atoms with Gasteiger partial charge in [0.25, 0.3) is 5.91 Å². The highest BCUT2D eigenvalue weighted by molar-refractivity contribution is 7.08. The first-order valence-electron chi connectivity index (χ1n) is 4.35. The number of amides is 1. The summed E-state index contributed by atoms with van der Waals surface area (Å²) in [4.78, 5) is 11.6. The Kier molecular flexibility index (Phi) is 3.04. The van der Waals surface area contributed by atoms with E-state index in [1.807, 2.05) is 10.8 Å². The van der Waals surface area contributed by atoms with Gasteiger partial charge in [-0.05, 0) is 35.7 Å². The van der Waals surface area contributed by atoms with Gasteiger partial charge in [0, 0.05) is 16.1 Å². The maximum atomic E-state index is 11.6. The molecule has 0 aliphatic rings. The normalized spacial score (nSPS) is 9.93. The Labute approximate surface area is 96.5 Å². The maximum Gasteiger partial charge on any atom is 0.256 e. The summed E-state index contributed by atoms with van der Waals surface area (Å²) in [6.45, 7) is 0. The van der Waals surface area contributed by atoms with Gasteiger partial charge in [0.15, 0.2) is 0 Å². The molecule has 1 aromatic heterocycles. The Bertz CT molecular complexity index is 450. The van der Waals surface area contributed by atoms with E-state index in [1.165, 1.54) is 11.3 Å². The van der Waals surface area contributed by atoms with E-state index >= 15 is 0 Å². The van der Waals surface area contributed by atoms with Gasteiger partial charge in [-0.25, -0.2) is 0 Å². The first-order valence-corrected chi connectivity index (χ1v) is 5.67. The van der Waals surface area contributed by atoms with Crippen LogP contribution in [0.3, 0.4) is 0 Å². The molecule has 1 aromatic carbocycles. The zero-order valence-corrected chi connectivity index (χ0v) is 9.31. The fourth-order valence-corrected chi connectivity index (χ4v) is 1.89. The lowest BCUT2D eigenvalue weighted by Crippen LogP contribution is -2.10. The molecule has 2 nitrogen and oxygen atoms in total. The van der Waals surface area contributed by atoms with Crippen LogP contribution in [0.4, 0.5) is 5.69 Å². The molecule has 4 heteroatoms. The van der Waals surface area contributed by atoms with Crippen LogP contribution in [-0.4, -0.2) is 5.91 Å². The predicted octanol–water partition coefficient (Wildman–Crippen LogP) is 3.65. The van der Waals surface area contributed by atoms with Crippen LogP contribution >= 0.6 is 22.9 Å². The molecule has 15 heavy (non-hydrogen) atoms.